The number of benzene rings is 3. The van der Waals surface area contributed by atoms with Gasteiger partial charge in [0.05, 0.1) is 11.3 Å². The molecule has 252 valence electrons. The molecule has 45 heavy (non-hydrogen) atoms. The fourth-order valence-electron chi connectivity index (χ4n) is 6.18. The summed E-state index contributed by atoms with van der Waals surface area (Å²) in [5.74, 6) is -1.45. The van der Waals surface area contributed by atoms with Crippen LogP contribution in [-0.4, -0.2) is 22.2 Å². The monoisotopic (exact) mass is 620 g/mol. The third-order valence-corrected chi connectivity index (χ3v) is 9.30. The van der Waals surface area contributed by atoms with E-state index in [0.29, 0.717) is 24.7 Å². The van der Waals surface area contributed by atoms with E-state index >= 15 is 0 Å². The van der Waals surface area contributed by atoms with Gasteiger partial charge in [-0.15, -0.1) is 0 Å². The van der Waals surface area contributed by atoms with E-state index in [9.17, 15) is 19.8 Å². The zero-order chi connectivity index (χ0) is 30.0. The number of aliphatic carboxylic acids is 2. The van der Waals surface area contributed by atoms with Crippen LogP contribution in [0.3, 0.4) is 0 Å². The Morgan fingerprint density at radius 1 is 0.622 bits per heavy atom. The van der Waals surface area contributed by atoms with Gasteiger partial charge in [0.25, 0.3) is 0 Å². The lowest BCUT2D eigenvalue weighted by molar-refractivity contribution is -0.152. The molecule has 0 spiro atoms. The molecule has 0 aromatic heterocycles. The van der Waals surface area contributed by atoms with Gasteiger partial charge >= 0.3 is 11.9 Å². The number of rotatable bonds is 16. The first-order valence-corrected chi connectivity index (χ1v) is 15.2. The number of carbonyl (C=O) groups is 2. The van der Waals surface area contributed by atoms with Gasteiger partial charge < -0.3 is 10.2 Å². The summed E-state index contributed by atoms with van der Waals surface area (Å²) in [6.07, 6.45) is 3.85. The van der Waals surface area contributed by atoms with E-state index in [2.05, 4.69) is 87.5 Å². The largest absolute Gasteiger partial charge is 0.481 e. The van der Waals surface area contributed by atoms with E-state index in [-0.39, 0.29) is 48.0 Å². The molecule has 0 fully saturated rings. The molecule has 0 aliphatic carbocycles. The van der Waals surface area contributed by atoms with Gasteiger partial charge in [0.2, 0.25) is 0 Å². The molecule has 0 aliphatic heterocycles. The van der Waals surface area contributed by atoms with Crippen molar-refractivity contribution >= 4 is 11.9 Å². The Bertz CT molecular complexity index is 1220. The molecular formula is C41H64O4. The van der Waals surface area contributed by atoms with E-state index in [4.69, 9.17) is 0 Å². The minimum absolute atomic E-state index is 0. The molecule has 0 saturated heterocycles. The van der Waals surface area contributed by atoms with Crippen molar-refractivity contribution in [3.8, 4) is 0 Å². The lowest BCUT2D eigenvalue weighted by Gasteiger charge is -2.30. The molecule has 0 heterocycles. The Hall–Kier alpha value is -3.40. The molecule has 3 rings (SSSR count). The fraction of sp³-hybridized carbons (Fsp3) is 0.512. The lowest BCUT2D eigenvalue weighted by Crippen LogP contribution is -2.32. The summed E-state index contributed by atoms with van der Waals surface area (Å²) in [7, 11) is 0. The summed E-state index contributed by atoms with van der Waals surface area (Å²) in [5.41, 5.74) is 3.96. The van der Waals surface area contributed by atoms with Gasteiger partial charge in [-0.25, -0.2) is 0 Å². The quantitative estimate of drug-likeness (QED) is 0.167. The highest BCUT2D eigenvalue weighted by atomic mass is 16.4. The molecule has 0 aliphatic rings. The molecule has 6 atom stereocenters. The lowest BCUT2D eigenvalue weighted by atomic mass is 9.73. The second kappa shape index (κ2) is 20.6. The first-order valence-electron chi connectivity index (χ1n) is 15.2. The number of hydrogen-bond donors (Lipinski definition) is 2. The molecule has 0 saturated carbocycles. The highest BCUT2D eigenvalue weighted by Crippen LogP contribution is 2.40. The smallest absolute Gasteiger partial charge is 0.309 e. The topological polar surface area (TPSA) is 74.6 Å². The van der Waals surface area contributed by atoms with Gasteiger partial charge in [-0.2, -0.15) is 0 Å². The minimum atomic E-state index is -1.06. The Labute approximate surface area is 276 Å². The van der Waals surface area contributed by atoms with Crippen molar-refractivity contribution in [2.24, 2.45) is 11.3 Å². The van der Waals surface area contributed by atoms with Crippen molar-refractivity contribution < 1.29 is 19.8 Å². The first kappa shape index (κ1) is 43.7. The molecule has 4 nitrogen and oxygen atoms in total. The minimum Gasteiger partial charge on any atom is -0.481 e. The van der Waals surface area contributed by atoms with Crippen molar-refractivity contribution in [2.45, 2.75) is 127 Å². The van der Waals surface area contributed by atoms with Crippen LogP contribution in [0.1, 0.15) is 149 Å². The second-order valence-corrected chi connectivity index (χ2v) is 12.3. The van der Waals surface area contributed by atoms with Crippen LogP contribution >= 0.6 is 0 Å². The first-order chi connectivity index (χ1) is 19.6. The maximum atomic E-state index is 12.4. The van der Waals surface area contributed by atoms with Gasteiger partial charge in [0, 0.05) is 0 Å². The average Bonchev–Trinajstić information content (AvgIpc) is 2.99. The third-order valence-electron chi connectivity index (χ3n) is 9.30. The SMILES string of the molecule is C.C.C.C.CCC(CC(C)c1ccccc1)c1ccc(C(CC(CC(C)(CC)C(=O)O)C(=O)O)CC(C)c2ccccc2)cc1. The van der Waals surface area contributed by atoms with Crippen molar-refractivity contribution in [1.82, 2.24) is 0 Å². The zero-order valence-corrected chi connectivity index (χ0v) is 25.4. The van der Waals surface area contributed by atoms with E-state index in [0.717, 1.165) is 24.8 Å². The normalized spacial score (nSPS) is 15.1. The van der Waals surface area contributed by atoms with Crippen LogP contribution < -0.4 is 0 Å². The zero-order valence-electron chi connectivity index (χ0n) is 25.4. The number of hydrogen-bond acceptors (Lipinski definition) is 2. The number of carboxylic acid groups (broad SMARTS) is 2. The highest BCUT2D eigenvalue weighted by Gasteiger charge is 2.38. The molecule has 3 aromatic carbocycles. The molecule has 2 N–H and O–H groups in total. The van der Waals surface area contributed by atoms with Gasteiger partial charge in [-0.3, -0.25) is 9.59 Å². The van der Waals surface area contributed by atoms with Gasteiger partial charge in [0.1, 0.15) is 0 Å². The standard InChI is InChI=1S/C37H48O4.4CH4/c1-6-28(22-26(3)29-14-10-8-11-15-29)31-18-20-32(21-19-31)33(23-27(4)30-16-12-9-13-17-30)24-34(35(38)39)25-37(5,7-2)36(40)41;;;;/h8-21,26-28,33-34H,6-7,22-25H2,1-5H3,(H,38,39)(H,40,41);4*1H4. The van der Waals surface area contributed by atoms with Crippen molar-refractivity contribution in [1.29, 1.82) is 0 Å². The second-order valence-electron chi connectivity index (χ2n) is 12.3. The Balaban J connectivity index is 0. The van der Waals surface area contributed by atoms with E-state index in [1.54, 1.807) is 6.92 Å². The Morgan fingerprint density at radius 3 is 1.38 bits per heavy atom. The van der Waals surface area contributed by atoms with E-state index in [1.165, 1.54) is 16.7 Å². The predicted octanol–water partition coefficient (Wildman–Crippen LogP) is 12.2. The molecule has 3 aromatic rings. The highest BCUT2D eigenvalue weighted by molar-refractivity contribution is 5.76. The molecule has 4 heteroatoms. The summed E-state index contributed by atoms with van der Waals surface area (Å²) < 4.78 is 0. The van der Waals surface area contributed by atoms with Crippen molar-refractivity contribution in [3.05, 3.63) is 107 Å². The van der Waals surface area contributed by atoms with Crippen LogP contribution in [0.5, 0.6) is 0 Å². The van der Waals surface area contributed by atoms with Gasteiger partial charge in [0.15, 0.2) is 0 Å². The Kier molecular flexibility index (Phi) is 20.0. The predicted molar refractivity (Wildman–Crippen MR) is 194 cm³/mol. The fourth-order valence-corrected chi connectivity index (χ4v) is 6.18. The van der Waals surface area contributed by atoms with Gasteiger partial charge in [-0.05, 0) is 91.4 Å². The van der Waals surface area contributed by atoms with Crippen LogP contribution in [0.25, 0.3) is 0 Å². The molecule has 6 unspecified atom stereocenters. The van der Waals surface area contributed by atoms with E-state index in [1.807, 2.05) is 25.1 Å². The summed E-state index contributed by atoms with van der Waals surface area (Å²) in [6, 6.07) is 29.8. The summed E-state index contributed by atoms with van der Waals surface area (Å²) in [5, 5.41) is 20.1. The van der Waals surface area contributed by atoms with Crippen LogP contribution in [0, 0.1) is 11.3 Å². The summed E-state index contributed by atoms with van der Waals surface area (Å²) in [4.78, 5) is 24.5. The van der Waals surface area contributed by atoms with Crippen LogP contribution in [0.15, 0.2) is 84.9 Å². The van der Waals surface area contributed by atoms with E-state index < -0.39 is 23.3 Å². The number of carboxylic acids is 2. The summed E-state index contributed by atoms with van der Waals surface area (Å²) in [6.45, 7) is 10.2. The molecular weight excluding hydrogens is 556 g/mol. The molecule has 0 radical (unpaired) electrons. The third kappa shape index (κ3) is 12.1. The van der Waals surface area contributed by atoms with Crippen molar-refractivity contribution in [3.63, 3.8) is 0 Å². The summed E-state index contributed by atoms with van der Waals surface area (Å²) >= 11 is 0. The van der Waals surface area contributed by atoms with Gasteiger partial charge in [-0.1, -0.05) is 142 Å². The van der Waals surface area contributed by atoms with Crippen molar-refractivity contribution in [2.75, 3.05) is 0 Å². The maximum absolute atomic E-state index is 12.4. The maximum Gasteiger partial charge on any atom is 0.309 e. The average molecular weight is 621 g/mol. The van der Waals surface area contributed by atoms with Crippen LogP contribution in [0.2, 0.25) is 0 Å². The molecule has 0 amide bonds. The van der Waals surface area contributed by atoms with Crippen LogP contribution in [-0.2, 0) is 9.59 Å². The Morgan fingerprint density at radius 2 is 1.02 bits per heavy atom. The molecule has 0 bridgehead atoms. The van der Waals surface area contributed by atoms with Crippen LogP contribution in [0.4, 0.5) is 0 Å².